The summed E-state index contributed by atoms with van der Waals surface area (Å²) in [7, 11) is 0. The van der Waals surface area contributed by atoms with Gasteiger partial charge in [-0.25, -0.2) is 4.79 Å². The Balaban J connectivity index is 0.000000454. The van der Waals surface area contributed by atoms with Crippen LogP contribution < -0.4 is 15.0 Å². The maximum Gasteiger partial charge on any atom is 0.490 e. The molecule has 2 N–H and O–H groups in total. The van der Waals surface area contributed by atoms with Crippen LogP contribution in [0, 0.1) is 6.92 Å². The van der Waals surface area contributed by atoms with Gasteiger partial charge in [-0.15, -0.1) is 0 Å². The van der Waals surface area contributed by atoms with Crippen molar-refractivity contribution >= 4 is 23.3 Å². The van der Waals surface area contributed by atoms with Crippen LogP contribution in [0.25, 0.3) is 0 Å². The van der Waals surface area contributed by atoms with Crippen LogP contribution in [0.15, 0.2) is 48.5 Å². The van der Waals surface area contributed by atoms with E-state index in [1.54, 1.807) is 0 Å². The number of hydrogen-bond acceptors (Lipinski definition) is 5. The highest BCUT2D eigenvalue weighted by Gasteiger charge is 2.38. The van der Waals surface area contributed by atoms with Crippen LogP contribution in [-0.4, -0.2) is 66.4 Å². The number of aryl methyl sites for hydroxylation is 1. The summed E-state index contributed by atoms with van der Waals surface area (Å²) in [4.78, 5) is 26.3. The predicted octanol–water partition coefficient (Wildman–Crippen LogP) is 4.71. The second kappa shape index (κ2) is 12.1. The number of aliphatic carboxylic acids is 1. The van der Waals surface area contributed by atoms with Gasteiger partial charge < -0.3 is 20.1 Å². The number of carbonyl (C=O) groups is 2. The molecule has 0 aliphatic carbocycles. The van der Waals surface area contributed by atoms with Gasteiger partial charge in [0.2, 0.25) is 0 Å². The summed E-state index contributed by atoms with van der Waals surface area (Å²) in [6.07, 6.45) is -1.18. The number of anilines is 2. The number of ether oxygens (including phenoxy) is 1. The quantitative estimate of drug-likeness (QED) is 0.590. The largest absolute Gasteiger partial charge is 0.490 e. The first-order valence-corrected chi connectivity index (χ1v) is 11.9. The molecule has 2 atom stereocenters. The molecule has 0 aromatic heterocycles. The number of rotatable bonds is 6. The molecule has 2 aromatic rings. The molecule has 0 saturated carbocycles. The van der Waals surface area contributed by atoms with Crippen molar-refractivity contribution < 1.29 is 32.6 Å². The lowest BCUT2D eigenvalue weighted by atomic mass is 10.1. The van der Waals surface area contributed by atoms with Crippen molar-refractivity contribution in [2.45, 2.75) is 51.4 Å². The minimum absolute atomic E-state index is 0.00658. The van der Waals surface area contributed by atoms with E-state index in [0.717, 1.165) is 24.8 Å². The number of nitrogens with one attached hydrogen (secondary N) is 1. The van der Waals surface area contributed by atoms with Crippen molar-refractivity contribution in [2.75, 3.05) is 36.5 Å². The number of carbonyl (C=O) groups excluding carboxylic acids is 1. The first kappa shape index (κ1) is 27.3. The van der Waals surface area contributed by atoms with E-state index in [4.69, 9.17) is 14.6 Å². The molecule has 10 heteroatoms. The third kappa shape index (κ3) is 7.61. The monoisotopic (exact) mass is 507 g/mol. The molecule has 0 radical (unpaired) electrons. The van der Waals surface area contributed by atoms with Crippen molar-refractivity contribution in [3.63, 3.8) is 0 Å². The van der Waals surface area contributed by atoms with Crippen molar-refractivity contribution in [1.82, 2.24) is 4.90 Å². The third-order valence-electron chi connectivity index (χ3n) is 6.41. The molecule has 36 heavy (non-hydrogen) atoms. The van der Waals surface area contributed by atoms with E-state index in [1.807, 2.05) is 36.4 Å². The summed E-state index contributed by atoms with van der Waals surface area (Å²) in [5.74, 6) is -2.21. The first-order chi connectivity index (χ1) is 17.0. The lowest BCUT2D eigenvalue weighted by Gasteiger charge is -2.29. The molecule has 2 aliphatic heterocycles. The highest BCUT2D eigenvalue weighted by molar-refractivity contribution is 5.92. The maximum absolute atomic E-state index is 12.2. The molecule has 2 heterocycles. The van der Waals surface area contributed by atoms with Crippen LogP contribution in [0.3, 0.4) is 0 Å². The van der Waals surface area contributed by atoms with E-state index in [9.17, 15) is 18.0 Å². The molecule has 2 aliphatic rings. The zero-order valence-electron chi connectivity index (χ0n) is 20.4. The molecular formula is C26H32F3N3O4. The van der Waals surface area contributed by atoms with E-state index >= 15 is 0 Å². The third-order valence-corrected chi connectivity index (χ3v) is 6.41. The number of amides is 1. The van der Waals surface area contributed by atoms with Crippen molar-refractivity contribution in [3.8, 4) is 5.75 Å². The zero-order valence-corrected chi connectivity index (χ0v) is 20.4. The first-order valence-electron chi connectivity index (χ1n) is 11.9. The van der Waals surface area contributed by atoms with Gasteiger partial charge in [0, 0.05) is 36.5 Å². The van der Waals surface area contributed by atoms with Crippen LogP contribution in [0.1, 0.15) is 31.7 Å². The second-order valence-corrected chi connectivity index (χ2v) is 9.07. The van der Waals surface area contributed by atoms with E-state index < -0.39 is 12.1 Å². The summed E-state index contributed by atoms with van der Waals surface area (Å²) < 4.78 is 37.3. The van der Waals surface area contributed by atoms with Crippen LogP contribution in [0.5, 0.6) is 5.75 Å². The molecule has 2 unspecified atom stereocenters. The summed E-state index contributed by atoms with van der Waals surface area (Å²) in [6.45, 7) is 7.94. The number of benzene rings is 2. The number of halogens is 3. The van der Waals surface area contributed by atoms with Gasteiger partial charge in [-0.1, -0.05) is 18.2 Å². The molecule has 7 nitrogen and oxygen atoms in total. The molecule has 196 valence electrons. The minimum Gasteiger partial charge on any atom is -0.484 e. The number of likely N-dealkylation sites (tertiary alicyclic amines) is 1. The Kier molecular flexibility index (Phi) is 9.19. The standard InChI is InChI=1S/C24H31N3O2.C2HF3O2/c1-18-15-20(25-24(28)17-29-22-8-4-3-5-9-22)10-11-23(18)26-14-12-21(16-26)27-13-6-7-19(27)2;3-2(4,5)1(6)7/h3-5,8-11,15,19,21H,6-7,12-14,16-17H2,1-2H3,(H,25,28);(H,6,7). The normalized spacial score (nSPS) is 20.0. The number of hydrogen-bond donors (Lipinski definition) is 2. The lowest BCUT2D eigenvalue weighted by Crippen LogP contribution is -2.39. The molecule has 2 fully saturated rings. The summed E-state index contributed by atoms with van der Waals surface area (Å²) >= 11 is 0. The van der Waals surface area contributed by atoms with E-state index in [0.29, 0.717) is 11.8 Å². The summed E-state index contributed by atoms with van der Waals surface area (Å²) in [6, 6.07) is 17.0. The van der Waals surface area contributed by atoms with Gasteiger partial charge in [0.25, 0.3) is 5.91 Å². The van der Waals surface area contributed by atoms with Crippen LogP contribution in [0.4, 0.5) is 24.5 Å². The number of para-hydroxylation sites is 1. The fourth-order valence-corrected chi connectivity index (χ4v) is 4.68. The number of alkyl halides is 3. The molecule has 0 bridgehead atoms. The molecule has 2 aromatic carbocycles. The highest BCUT2D eigenvalue weighted by Crippen LogP contribution is 2.31. The Bertz CT molecular complexity index is 1030. The maximum atomic E-state index is 12.2. The number of nitrogens with zero attached hydrogens (tertiary/aromatic N) is 2. The Morgan fingerprint density at radius 3 is 2.39 bits per heavy atom. The fraction of sp³-hybridized carbons (Fsp3) is 0.462. The second-order valence-electron chi connectivity index (χ2n) is 9.07. The van der Waals surface area contributed by atoms with Gasteiger partial charge in [-0.3, -0.25) is 9.69 Å². The molecule has 4 rings (SSSR count). The van der Waals surface area contributed by atoms with Crippen molar-refractivity contribution in [3.05, 3.63) is 54.1 Å². The molecule has 1 amide bonds. The average Bonchev–Trinajstić information content (AvgIpc) is 3.47. The van der Waals surface area contributed by atoms with E-state index in [2.05, 4.69) is 41.1 Å². The van der Waals surface area contributed by atoms with Gasteiger partial charge in [0.15, 0.2) is 6.61 Å². The Morgan fingerprint density at radius 1 is 1.11 bits per heavy atom. The SMILES string of the molecule is Cc1cc(NC(=O)COc2ccccc2)ccc1N1CCC(N2CCCC2C)C1.O=C(O)C(F)(F)F. The predicted molar refractivity (Wildman–Crippen MR) is 131 cm³/mol. The van der Waals surface area contributed by atoms with Gasteiger partial charge in [-0.05, 0) is 75.5 Å². The Labute approximate surface area is 208 Å². The Morgan fingerprint density at radius 2 is 1.81 bits per heavy atom. The van der Waals surface area contributed by atoms with E-state index in [-0.39, 0.29) is 12.5 Å². The lowest BCUT2D eigenvalue weighted by molar-refractivity contribution is -0.192. The minimum atomic E-state index is -5.08. The zero-order chi connectivity index (χ0) is 26.3. The van der Waals surface area contributed by atoms with Gasteiger partial charge in [0.1, 0.15) is 5.75 Å². The highest BCUT2D eigenvalue weighted by atomic mass is 19.4. The van der Waals surface area contributed by atoms with Crippen LogP contribution >= 0.6 is 0 Å². The molecule has 0 spiro atoms. The van der Waals surface area contributed by atoms with Crippen molar-refractivity contribution in [1.29, 1.82) is 0 Å². The summed E-state index contributed by atoms with van der Waals surface area (Å²) in [5, 5.41) is 10.1. The van der Waals surface area contributed by atoms with Crippen LogP contribution in [-0.2, 0) is 9.59 Å². The van der Waals surface area contributed by atoms with Gasteiger partial charge >= 0.3 is 12.1 Å². The van der Waals surface area contributed by atoms with Crippen LogP contribution in [0.2, 0.25) is 0 Å². The van der Waals surface area contributed by atoms with Gasteiger partial charge in [-0.2, -0.15) is 13.2 Å². The number of carboxylic acid groups (broad SMARTS) is 1. The molecular weight excluding hydrogens is 475 g/mol. The van der Waals surface area contributed by atoms with Crippen molar-refractivity contribution in [2.24, 2.45) is 0 Å². The summed E-state index contributed by atoms with van der Waals surface area (Å²) in [5.41, 5.74) is 3.29. The fourth-order valence-electron chi connectivity index (χ4n) is 4.68. The average molecular weight is 508 g/mol. The van der Waals surface area contributed by atoms with E-state index in [1.165, 1.54) is 37.1 Å². The topological polar surface area (TPSA) is 82.1 Å². The Hall–Kier alpha value is -3.27. The molecule has 2 saturated heterocycles. The smallest absolute Gasteiger partial charge is 0.484 e. The number of carboxylic acids is 1. The van der Waals surface area contributed by atoms with Gasteiger partial charge in [0.05, 0.1) is 0 Å².